The zero-order valence-corrected chi connectivity index (χ0v) is 19.6. The van der Waals surface area contributed by atoms with Crippen molar-refractivity contribution >= 4 is 61.3 Å². The number of amides is 1. The molecule has 162 valence electrons. The number of nitrogens with zero attached hydrogens (tertiary/aromatic N) is 3. The first kappa shape index (κ1) is 20.9. The number of hydrogen-bond donors (Lipinski definition) is 1. The van der Waals surface area contributed by atoms with Crippen LogP contribution < -0.4 is 4.90 Å². The molecule has 0 radical (unpaired) electrons. The van der Waals surface area contributed by atoms with Gasteiger partial charge in [0.05, 0.1) is 31.4 Å². The van der Waals surface area contributed by atoms with E-state index in [1.807, 2.05) is 0 Å². The van der Waals surface area contributed by atoms with Gasteiger partial charge < -0.3 is 9.52 Å². The average Bonchev–Trinajstić information content (AvgIpc) is 3.48. The van der Waals surface area contributed by atoms with Crippen LogP contribution in [0.25, 0.3) is 10.2 Å². The Balaban J connectivity index is 1.68. The van der Waals surface area contributed by atoms with Gasteiger partial charge in [-0.15, -0.1) is 11.3 Å². The Morgan fingerprint density at radius 1 is 1.16 bits per heavy atom. The molecule has 1 aliphatic heterocycles. The predicted octanol–water partition coefficient (Wildman–Crippen LogP) is 5.71. The van der Waals surface area contributed by atoms with Crippen LogP contribution >= 0.6 is 34.3 Å². The summed E-state index contributed by atoms with van der Waals surface area (Å²) in [5, 5.41) is 12.4. The van der Waals surface area contributed by atoms with Crippen LogP contribution in [0.2, 0.25) is 5.02 Å². The minimum atomic E-state index is -0.957. The Labute approximate surface area is 195 Å². The molecule has 5 rings (SSSR count). The number of aliphatic hydroxyl groups excluding tert-OH is 1. The second-order valence-corrected chi connectivity index (χ2v) is 10.0. The zero-order chi connectivity index (χ0) is 22.7. The van der Waals surface area contributed by atoms with Crippen molar-refractivity contribution in [2.24, 2.45) is 0 Å². The largest absolute Gasteiger partial charge is 0.503 e. The van der Waals surface area contributed by atoms with Gasteiger partial charge in [0.2, 0.25) is 5.78 Å². The lowest BCUT2D eigenvalue weighted by molar-refractivity contribution is -0.117. The summed E-state index contributed by atoms with van der Waals surface area (Å²) < 4.78 is 6.59. The Bertz CT molecular complexity index is 1450. The van der Waals surface area contributed by atoms with Crippen molar-refractivity contribution in [2.45, 2.75) is 26.8 Å². The molecule has 4 aromatic rings. The Hall–Kier alpha value is -3.01. The molecule has 1 unspecified atom stereocenters. The van der Waals surface area contributed by atoms with Gasteiger partial charge >= 0.3 is 0 Å². The number of aryl methyl sites for hydroxylation is 3. The highest BCUT2D eigenvalue weighted by molar-refractivity contribution is 7.22. The fourth-order valence-corrected chi connectivity index (χ4v) is 5.90. The van der Waals surface area contributed by atoms with Gasteiger partial charge in [0.1, 0.15) is 17.6 Å². The number of Topliss-reactive ketones (excluding diaryl/α,β-unsaturated/α-hetero) is 1. The van der Waals surface area contributed by atoms with Crippen molar-refractivity contribution in [1.29, 1.82) is 0 Å². The Kier molecular flexibility index (Phi) is 4.92. The van der Waals surface area contributed by atoms with Crippen LogP contribution in [0.3, 0.4) is 0 Å². The lowest BCUT2D eigenvalue weighted by Crippen LogP contribution is -2.30. The molecule has 0 spiro atoms. The summed E-state index contributed by atoms with van der Waals surface area (Å²) in [6, 6.07) is 7.71. The van der Waals surface area contributed by atoms with Crippen molar-refractivity contribution in [3.63, 3.8) is 0 Å². The molecule has 0 bridgehead atoms. The van der Waals surface area contributed by atoms with E-state index in [0.717, 1.165) is 9.71 Å². The van der Waals surface area contributed by atoms with E-state index in [-0.39, 0.29) is 5.57 Å². The molecule has 10 heteroatoms. The van der Waals surface area contributed by atoms with Crippen LogP contribution in [0.5, 0.6) is 0 Å². The first-order valence-electron chi connectivity index (χ1n) is 9.62. The van der Waals surface area contributed by atoms with E-state index in [9.17, 15) is 14.7 Å². The molecule has 0 saturated carbocycles. The van der Waals surface area contributed by atoms with Gasteiger partial charge in [0.25, 0.3) is 5.91 Å². The SMILES string of the molecule is Cc1ccc(C2C(C(=O)c3sc(C)nc3C)=C(O)C(=O)N2c2nc3ccc(Cl)cc3s2)o1. The number of fused-ring (bicyclic) bond motifs is 1. The molecule has 1 amide bonds. The van der Waals surface area contributed by atoms with Crippen molar-refractivity contribution in [3.05, 3.63) is 73.8 Å². The van der Waals surface area contributed by atoms with Gasteiger partial charge in [-0.3, -0.25) is 14.5 Å². The molecule has 1 atom stereocenters. The standard InChI is InChI=1S/C22H16ClN3O4S2/c1-9-4-7-14(30-9)17-16(18(27)20-10(2)24-11(3)31-20)19(28)21(29)26(17)22-25-13-6-5-12(23)8-15(13)32-22/h4-8,17,28H,1-3H3. The number of halogens is 1. The minimum absolute atomic E-state index is 0.0478. The second kappa shape index (κ2) is 7.54. The third-order valence-corrected chi connectivity index (χ3v) is 7.46. The maximum absolute atomic E-state index is 13.5. The van der Waals surface area contributed by atoms with E-state index in [1.165, 1.54) is 27.6 Å². The Morgan fingerprint density at radius 2 is 1.94 bits per heavy atom. The van der Waals surface area contributed by atoms with Crippen LogP contribution in [0.1, 0.15) is 37.9 Å². The zero-order valence-electron chi connectivity index (χ0n) is 17.2. The van der Waals surface area contributed by atoms with Crippen LogP contribution in [-0.4, -0.2) is 26.8 Å². The number of ketones is 1. The van der Waals surface area contributed by atoms with Gasteiger partial charge in [-0.25, -0.2) is 9.97 Å². The first-order chi connectivity index (χ1) is 15.2. The van der Waals surface area contributed by atoms with Crippen molar-refractivity contribution in [3.8, 4) is 0 Å². The molecule has 1 N–H and O–H groups in total. The third kappa shape index (κ3) is 3.24. The maximum atomic E-state index is 13.5. The summed E-state index contributed by atoms with van der Waals surface area (Å²) in [4.78, 5) is 37.3. The van der Waals surface area contributed by atoms with Gasteiger partial charge in [-0.2, -0.15) is 0 Å². The van der Waals surface area contributed by atoms with E-state index in [1.54, 1.807) is 51.1 Å². The Morgan fingerprint density at radius 3 is 2.59 bits per heavy atom. The molecule has 1 aromatic carbocycles. The number of benzene rings is 1. The van der Waals surface area contributed by atoms with Crippen molar-refractivity contribution < 1.29 is 19.1 Å². The quantitative estimate of drug-likeness (QED) is 0.372. The number of thiazole rings is 2. The molecule has 3 aromatic heterocycles. The van der Waals surface area contributed by atoms with Crippen LogP contribution in [0.4, 0.5) is 5.13 Å². The van der Waals surface area contributed by atoms with Gasteiger partial charge in [0.15, 0.2) is 10.9 Å². The summed E-state index contributed by atoms with van der Waals surface area (Å²) in [6.45, 7) is 5.30. The van der Waals surface area contributed by atoms with E-state index in [0.29, 0.717) is 37.8 Å². The van der Waals surface area contributed by atoms with E-state index in [2.05, 4.69) is 9.97 Å². The highest BCUT2D eigenvalue weighted by Crippen LogP contribution is 2.45. The summed E-state index contributed by atoms with van der Waals surface area (Å²) in [5.74, 6) is -0.802. The molecule has 0 fully saturated rings. The monoisotopic (exact) mass is 485 g/mol. The molecular weight excluding hydrogens is 470 g/mol. The molecule has 4 heterocycles. The predicted molar refractivity (Wildman–Crippen MR) is 124 cm³/mol. The number of furan rings is 1. The second-order valence-electron chi connectivity index (χ2n) is 7.37. The number of aromatic nitrogens is 2. The fourth-order valence-electron chi connectivity index (χ4n) is 3.76. The van der Waals surface area contributed by atoms with Crippen LogP contribution in [0.15, 0.2) is 46.1 Å². The highest BCUT2D eigenvalue weighted by Gasteiger charge is 2.48. The topological polar surface area (TPSA) is 96.5 Å². The maximum Gasteiger partial charge on any atom is 0.296 e. The van der Waals surface area contributed by atoms with Gasteiger partial charge in [0, 0.05) is 5.02 Å². The number of anilines is 1. The lowest BCUT2D eigenvalue weighted by Gasteiger charge is -2.22. The van der Waals surface area contributed by atoms with E-state index < -0.39 is 23.5 Å². The molecular formula is C22H16ClN3O4S2. The van der Waals surface area contributed by atoms with E-state index >= 15 is 0 Å². The van der Waals surface area contributed by atoms with E-state index in [4.69, 9.17) is 16.0 Å². The number of aliphatic hydroxyl groups is 1. The van der Waals surface area contributed by atoms with Crippen molar-refractivity contribution in [2.75, 3.05) is 4.90 Å². The number of carbonyl (C=O) groups excluding carboxylic acids is 2. The number of hydrogen-bond acceptors (Lipinski definition) is 8. The lowest BCUT2D eigenvalue weighted by atomic mass is 10.00. The third-order valence-electron chi connectivity index (χ3n) is 5.14. The molecule has 7 nitrogen and oxygen atoms in total. The minimum Gasteiger partial charge on any atom is -0.503 e. The summed E-state index contributed by atoms with van der Waals surface area (Å²) in [6.07, 6.45) is 0. The van der Waals surface area contributed by atoms with Gasteiger partial charge in [-0.05, 0) is 51.1 Å². The molecule has 0 aliphatic carbocycles. The highest BCUT2D eigenvalue weighted by atomic mass is 35.5. The van der Waals surface area contributed by atoms with Gasteiger partial charge in [-0.1, -0.05) is 22.9 Å². The van der Waals surface area contributed by atoms with Crippen LogP contribution in [-0.2, 0) is 4.79 Å². The fraction of sp³-hybridized carbons (Fsp3) is 0.182. The number of rotatable bonds is 4. The number of carbonyl (C=O) groups is 2. The average molecular weight is 486 g/mol. The molecule has 32 heavy (non-hydrogen) atoms. The van der Waals surface area contributed by atoms with Crippen LogP contribution in [0, 0.1) is 20.8 Å². The summed E-state index contributed by atoms with van der Waals surface area (Å²) >= 11 is 8.57. The first-order valence-corrected chi connectivity index (χ1v) is 11.6. The molecule has 0 saturated heterocycles. The smallest absolute Gasteiger partial charge is 0.296 e. The van der Waals surface area contributed by atoms with Crippen molar-refractivity contribution in [1.82, 2.24) is 9.97 Å². The summed E-state index contributed by atoms with van der Waals surface area (Å²) in [7, 11) is 0. The molecule has 1 aliphatic rings. The normalized spacial score (nSPS) is 16.6. The summed E-state index contributed by atoms with van der Waals surface area (Å²) in [5.41, 5.74) is 1.16.